The summed E-state index contributed by atoms with van der Waals surface area (Å²) >= 11 is 0. The van der Waals surface area contributed by atoms with Gasteiger partial charge >= 0.3 is 6.18 Å². The van der Waals surface area contributed by atoms with Gasteiger partial charge in [-0.2, -0.15) is 13.2 Å². The largest absolute Gasteiger partial charge is 0.418 e. The van der Waals surface area contributed by atoms with Crippen LogP contribution in [0, 0.1) is 0 Å². The zero-order chi connectivity index (χ0) is 13.6. The molecule has 2 aromatic rings. The molecule has 0 amide bonds. The zero-order valence-electron chi connectivity index (χ0n) is 10.0. The SMILES string of the molecule is Nc1nc(C2CCC2)c2cccc(C(F)(F)F)c2n1. The smallest absolute Gasteiger partial charge is 0.368 e. The standard InChI is InChI=1S/C13H12F3N3/c14-13(15,16)9-6-2-5-8-10(7-3-1-4-7)18-12(17)19-11(8)9/h2,5-7H,1,3-4H2,(H2,17,18,19). The van der Waals surface area contributed by atoms with Crippen molar-refractivity contribution in [3.05, 3.63) is 29.5 Å². The van der Waals surface area contributed by atoms with Crippen molar-refractivity contribution in [1.82, 2.24) is 9.97 Å². The molecule has 0 aliphatic heterocycles. The molecule has 1 fully saturated rings. The maximum atomic E-state index is 13.0. The lowest BCUT2D eigenvalue weighted by Crippen LogP contribution is -2.14. The van der Waals surface area contributed by atoms with Gasteiger partial charge in [0, 0.05) is 11.3 Å². The van der Waals surface area contributed by atoms with Crippen LogP contribution in [-0.4, -0.2) is 9.97 Å². The van der Waals surface area contributed by atoms with Crippen LogP contribution in [0.5, 0.6) is 0 Å². The van der Waals surface area contributed by atoms with E-state index in [1.165, 1.54) is 6.07 Å². The van der Waals surface area contributed by atoms with Crippen LogP contribution in [0.1, 0.15) is 36.4 Å². The molecule has 0 spiro atoms. The number of fused-ring (bicyclic) bond motifs is 1. The normalized spacial score (nSPS) is 16.6. The van der Waals surface area contributed by atoms with Crippen molar-refractivity contribution < 1.29 is 13.2 Å². The van der Waals surface area contributed by atoms with Crippen molar-refractivity contribution in [3.8, 4) is 0 Å². The van der Waals surface area contributed by atoms with Gasteiger partial charge in [-0.05, 0) is 18.9 Å². The van der Waals surface area contributed by atoms with Gasteiger partial charge in [-0.1, -0.05) is 18.6 Å². The van der Waals surface area contributed by atoms with Gasteiger partial charge < -0.3 is 5.73 Å². The van der Waals surface area contributed by atoms with E-state index in [1.807, 2.05) is 0 Å². The lowest BCUT2D eigenvalue weighted by molar-refractivity contribution is -0.136. The monoisotopic (exact) mass is 267 g/mol. The van der Waals surface area contributed by atoms with Gasteiger partial charge in [0.05, 0.1) is 16.8 Å². The van der Waals surface area contributed by atoms with Crippen molar-refractivity contribution in [3.63, 3.8) is 0 Å². The van der Waals surface area contributed by atoms with E-state index in [1.54, 1.807) is 6.07 Å². The van der Waals surface area contributed by atoms with Crippen molar-refractivity contribution in [2.45, 2.75) is 31.4 Å². The minimum Gasteiger partial charge on any atom is -0.368 e. The fourth-order valence-corrected chi connectivity index (χ4v) is 2.42. The average molecular weight is 267 g/mol. The second-order valence-corrected chi connectivity index (χ2v) is 4.79. The summed E-state index contributed by atoms with van der Waals surface area (Å²) in [5.74, 6) is 0.113. The molecule has 19 heavy (non-hydrogen) atoms. The fraction of sp³-hybridized carbons (Fsp3) is 0.385. The molecule has 1 heterocycles. The fourth-order valence-electron chi connectivity index (χ4n) is 2.42. The Bertz CT molecular complexity index is 633. The minimum atomic E-state index is -4.43. The van der Waals surface area contributed by atoms with Crippen LogP contribution in [0.2, 0.25) is 0 Å². The van der Waals surface area contributed by atoms with Crippen LogP contribution in [0.15, 0.2) is 18.2 Å². The Morgan fingerprint density at radius 1 is 1.16 bits per heavy atom. The summed E-state index contributed by atoms with van der Waals surface area (Å²) in [5, 5.41) is 0.466. The van der Waals surface area contributed by atoms with E-state index in [2.05, 4.69) is 9.97 Å². The van der Waals surface area contributed by atoms with Gasteiger partial charge in [0.25, 0.3) is 0 Å². The molecule has 1 aliphatic rings. The lowest BCUT2D eigenvalue weighted by atomic mass is 9.81. The van der Waals surface area contributed by atoms with Crippen LogP contribution in [0.25, 0.3) is 10.9 Å². The van der Waals surface area contributed by atoms with Crippen LogP contribution >= 0.6 is 0 Å². The number of nitrogens with zero attached hydrogens (tertiary/aromatic N) is 2. The number of anilines is 1. The number of aromatic nitrogens is 2. The Labute approximate surface area is 107 Å². The molecular formula is C13H12F3N3. The topological polar surface area (TPSA) is 51.8 Å². The summed E-state index contributed by atoms with van der Waals surface area (Å²) in [6, 6.07) is 4.06. The summed E-state index contributed by atoms with van der Waals surface area (Å²) < 4.78 is 38.9. The van der Waals surface area contributed by atoms with E-state index in [0.717, 1.165) is 25.3 Å². The maximum absolute atomic E-state index is 13.0. The van der Waals surface area contributed by atoms with Gasteiger partial charge in [0.1, 0.15) is 0 Å². The number of alkyl halides is 3. The molecule has 0 saturated heterocycles. The van der Waals surface area contributed by atoms with E-state index >= 15 is 0 Å². The Kier molecular flexibility index (Phi) is 2.62. The maximum Gasteiger partial charge on any atom is 0.418 e. The molecule has 2 N–H and O–H groups in total. The van der Waals surface area contributed by atoms with Crippen LogP contribution in [0.3, 0.4) is 0 Å². The molecule has 0 radical (unpaired) electrons. The summed E-state index contributed by atoms with van der Waals surface area (Å²) in [4.78, 5) is 7.94. The molecule has 0 bridgehead atoms. The van der Waals surface area contributed by atoms with Gasteiger partial charge in [0.2, 0.25) is 5.95 Å². The number of halogens is 3. The van der Waals surface area contributed by atoms with Gasteiger partial charge in [0.15, 0.2) is 0 Å². The van der Waals surface area contributed by atoms with Crippen molar-refractivity contribution >= 4 is 16.9 Å². The highest BCUT2D eigenvalue weighted by Crippen LogP contribution is 2.41. The average Bonchev–Trinajstić information content (AvgIpc) is 2.24. The molecule has 0 atom stereocenters. The van der Waals surface area contributed by atoms with E-state index < -0.39 is 11.7 Å². The van der Waals surface area contributed by atoms with E-state index in [0.29, 0.717) is 11.1 Å². The van der Waals surface area contributed by atoms with Crippen molar-refractivity contribution in [2.75, 3.05) is 5.73 Å². The second-order valence-electron chi connectivity index (χ2n) is 4.79. The van der Waals surface area contributed by atoms with Crippen LogP contribution < -0.4 is 5.73 Å². The molecule has 3 nitrogen and oxygen atoms in total. The van der Waals surface area contributed by atoms with Crippen molar-refractivity contribution in [1.29, 1.82) is 0 Å². The molecule has 100 valence electrons. The Balaban J connectivity index is 2.29. The van der Waals surface area contributed by atoms with Crippen LogP contribution in [0.4, 0.5) is 19.1 Å². The highest BCUT2D eigenvalue weighted by atomic mass is 19.4. The number of para-hydroxylation sites is 1. The first-order chi connectivity index (χ1) is 8.97. The Hall–Kier alpha value is -1.85. The third kappa shape index (κ3) is 2.01. The molecule has 1 aliphatic carbocycles. The first-order valence-corrected chi connectivity index (χ1v) is 6.10. The predicted molar refractivity (Wildman–Crippen MR) is 65.5 cm³/mol. The highest BCUT2D eigenvalue weighted by molar-refractivity contribution is 5.85. The Morgan fingerprint density at radius 2 is 1.89 bits per heavy atom. The summed E-state index contributed by atoms with van der Waals surface area (Å²) in [5.41, 5.74) is 5.37. The molecule has 6 heteroatoms. The van der Waals surface area contributed by atoms with Gasteiger partial charge in [-0.25, -0.2) is 9.97 Å². The van der Waals surface area contributed by atoms with E-state index in [4.69, 9.17) is 5.73 Å². The summed E-state index contributed by atoms with van der Waals surface area (Å²) in [6.07, 6.45) is -1.46. The number of benzene rings is 1. The highest BCUT2D eigenvalue weighted by Gasteiger charge is 2.34. The summed E-state index contributed by atoms with van der Waals surface area (Å²) in [7, 11) is 0. The third-order valence-electron chi connectivity index (χ3n) is 3.57. The lowest BCUT2D eigenvalue weighted by Gasteiger charge is -2.26. The van der Waals surface area contributed by atoms with E-state index in [-0.39, 0.29) is 17.4 Å². The first kappa shape index (κ1) is 12.2. The zero-order valence-corrected chi connectivity index (χ0v) is 10.0. The number of nitrogens with two attached hydrogens (primary N) is 1. The van der Waals surface area contributed by atoms with Gasteiger partial charge in [-0.3, -0.25) is 0 Å². The number of rotatable bonds is 1. The van der Waals surface area contributed by atoms with Crippen molar-refractivity contribution in [2.24, 2.45) is 0 Å². The minimum absolute atomic E-state index is 0.0916. The molecule has 3 rings (SSSR count). The second kappa shape index (κ2) is 4.08. The predicted octanol–water partition coefficient (Wildman–Crippen LogP) is 3.50. The van der Waals surface area contributed by atoms with Gasteiger partial charge in [-0.15, -0.1) is 0 Å². The molecule has 1 saturated carbocycles. The first-order valence-electron chi connectivity index (χ1n) is 6.10. The summed E-state index contributed by atoms with van der Waals surface area (Å²) in [6.45, 7) is 0. The number of hydrogen-bond acceptors (Lipinski definition) is 3. The van der Waals surface area contributed by atoms with Crippen LogP contribution in [-0.2, 0) is 6.18 Å². The quantitative estimate of drug-likeness (QED) is 0.860. The molecular weight excluding hydrogens is 255 g/mol. The molecule has 1 aromatic heterocycles. The number of hydrogen-bond donors (Lipinski definition) is 1. The van der Waals surface area contributed by atoms with E-state index in [9.17, 15) is 13.2 Å². The molecule has 0 unspecified atom stereocenters. The Morgan fingerprint density at radius 3 is 2.47 bits per heavy atom. The third-order valence-corrected chi connectivity index (χ3v) is 3.57. The number of nitrogen functional groups attached to an aromatic ring is 1. The molecule has 1 aromatic carbocycles.